The molecule has 2 aromatic carbocycles. The molecule has 0 unspecified atom stereocenters. The maximum atomic E-state index is 12.5. The first-order valence-electron chi connectivity index (χ1n) is 8.63. The molecule has 2 rings (SSSR count). The summed E-state index contributed by atoms with van der Waals surface area (Å²) in [4.78, 5) is 35.6. The SMILES string of the molecule is C[C@H](OC(=O)CNC(=O)Cc1ccccc1)C(=O)Nc1ccc(C(F)(F)F)cc1. The Bertz CT molecular complexity index is 852. The number of alkyl halides is 3. The minimum absolute atomic E-state index is 0.0953. The van der Waals surface area contributed by atoms with Gasteiger partial charge in [-0.1, -0.05) is 30.3 Å². The van der Waals surface area contributed by atoms with Crippen molar-refractivity contribution < 1.29 is 32.3 Å². The minimum atomic E-state index is -4.48. The van der Waals surface area contributed by atoms with Crippen molar-refractivity contribution in [2.45, 2.75) is 25.6 Å². The number of amides is 2. The number of hydrogen-bond donors (Lipinski definition) is 2. The number of esters is 1. The molecule has 1 atom stereocenters. The number of halogens is 3. The lowest BCUT2D eigenvalue weighted by atomic mass is 10.1. The summed E-state index contributed by atoms with van der Waals surface area (Å²) in [5.41, 5.74) is 0.0611. The molecule has 0 aliphatic heterocycles. The number of carbonyl (C=O) groups is 3. The van der Waals surface area contributed by atoms with Crippen molar-refractivity contribution in [3.8, 4) is 0 Å². The fourth-order valence-electron chi connectivity index (χ4n) is 2.29. The van der Waals surface area contributed by atoms with Crippen molar-refractivity contribution in [2.24, 2.45) is 0 Å². The Labute approximate surface area is 165 Å². The molecule has 2 amide bonds. The highest BCUT2D eigenvalue weighted by Crippen LogP contribution is 2.29. The number of nitrogens with one attached hydrogen (secondary N) is 2. The molecule has 0 radical (unpaired) electrons. The van der Waals surface area contributed by atoms with Gasteiger partial charge in [-0.2, -0.15) is 13.2 Å². The van der Waals surface area contributed by atoms with Crippen molar-refractivity contribution in [2.75, 3.05) is 11.9 Å². The Hall–Kier alpha value is -3.36. The van der Waals surface area contributed by atoms with Gasteiger partial charge in [-0.3, -0.25) is 14.4 Å². The Kier molecular flexibility index (Phi) is 7.35. The van der Waals surface area contributed by atoms with Crippen LogP contribution >= 0.6 is 0 Å². The van der Waals surface area contributed by atoms with Gasteiger partial charge in [0, 0.05) is 5.69 Å². The Morgan fingerprint density at radius 3 is 2.21 bits per heavy atom. The molecule has 154 valence electrons. The molecule has 0 aromatic heterocycles. The highest BCUT2D eigenvalue weighted by atomic mass is 19.4. The van der Waals surface area contributed by atoms with Crippen LogP contribution < -0.4 is 10.6 Å². The predicted molar refractivity (Wildman–Crippen MR) is 98.8 cm³/mol. The number of anilines is 1. The second kappa shape index (κ2) is 9.72. The number of ether oxygens (including phenoxy) is 1. The van der Waals surface area contributed by atoms with E-state index in [-0.39, 0.29) is 18.0 Å². The average molecular weight is 408 g/mol. The summed E-state index contributed by atoms with van der Waals surface area (Å²) in [6.07, 6.45) is -5.58. The van der Waals surface area contributed by atoms with Crippen LogP contribution in [0.2, 0.25) is 0 Å². The fraction of sp³-hybridized carbons (Fsp3) is 0.250. The first-order valence-corrected chi connectivity index (χ1v) is 8.63. The molecule has 0 saturated carbocycles. The molecule has 0 bridgehead atoms. The maximum absolute atomic E-state index is 12.5. The quantitative estimate of drug-likeness (QED) is 0.690. The molecular formula is C20H19F3N2O4. The first kappa shape index (κ1) is 21.9. The van der Waals surface area contributed by atoms with Crippen LogP contribution in [0.5, 0.6) is 0 Å². The summed E-state index contributed by atoms with van der Waals surface area (Å²) in [6, 6.07) is 12.8. The van der Waals surface area contributed by atoms with Crippen LogP contribution in [0.3, 0.4) is 0 Å². The Morgan fingerprint density at radius 1 is 1.00 bits per heavy atom. The Balaban J connectivity index is 1.76. The predicted octanol–water partition coefficient (Wildman–Crippen LogP) is 2.93. The van der Waals surface area contributed by atoms with Crippen LogP contribution in [-0.2, 0) is 31.7 Å². The van der Waals surface area contributed by atoms with E-state index in [1.54, 1.807) is 24.3 Å². The van der Waals surface area contributed by atoms with Crippen LogP contribution in [0.15, 0.2) is 54.6 Å². The zero-order chi connectivity index (χ0) is 21.4. The van der Waals surface area contributed by atoms with Crippen molar-refractivity contribution in [1.82, 2.24) is 5.32 Å². The van der Waals surface area contributed by atoms with E-state index in [1.807, 2.05) is 6.07 Å². The highest BCUT2D eigenvalue weighted by Gasteiger charge is 2.30. The molecule has 2 N–H and O–H groups in total. The smallest absolute Gasteiger partial charge is 0.416 e. The summed E-state index contributed by atoms with van der Waals surface area (Å²) in [6.45, 7) is 0.896. The molecule has 2 aromatic rings. The maximum Gasteiger partial charge on any atom is 0.416 e. The lowest BCUT2D eigenvalue weighted by molar-refractivity contribution is -0.152. The van der Waals surface area contributed by atoms with Gasteiger partial charge in [0.05, 0.1) is 12.0 Å². The Morgan fingerprint density at radius 2 is 1.62 bits per heavy atom. The van der Waals surface area contributed by atoms with E-state index in [0.29, 0.717) is 0 Å². The molecule has 6 nitrogen and oxygen atoms in total. The van der Waals surface area contributed by atoms with Gasteiger partial charge in [0.15, 0.2) is 6.10 Å². The number of rotatable bonds is 7. The molecule has 0 aliphatic carbocycles. The minimum Gasteiger partial charge on any atom is -0.451 e. The van der Waals surface area contributed by atoms with Crippen LogP contribution in [0.1, 0.15) is 18.1 Å². The molecule has 0 spiro atoms. The highest BCUT2D eigenvalue weighted by molar-refractivity contribution is 5.95. The topological polar surface area (TPSA) is 84.5 Å². The van der Waals surface area contributed by atoms with Crippen LogP contribution in [0, 0.1) is 0 Å². The summed E-state index contributed by atoms with van der Waals surface area (Å²) < 4.78 is 42.5. The van der Waals surface area contributed by atoms with E-state index in [0.717, 1.165) is 29.8 Å². The standard InChI is InChI=1S/C20H19F3N2O4/c1-13(19(28)25-16-9-7-15(8-10-16)20(21,22)23)29-18(27)12-24-17(26)11-14-5-3-2-4-6-14/h2-10,13H,11-12H2,1H3,(H,24,26)(H,25,28)/t13-/m0/s1. The summed E-state index contributed by atoms with van der Waals surface area (Å²) in [5.74, 6) is -1.91. The zero-order valence-electron chi connectivity index (χ0n) is 15.5. The third-order valence-electron chi connectivity index (χ3n) is 3.79. The lowest BCUT2D eigenvalue weighted by Gasteiger charge is -2.14. The van der Waals surface area contributed by atoms with Gasteiger partial charge in [-0.25, -0.2) is 0 Å². The number of carbonyl (C=O) groups excluding carboxylic acids is 3. The van der Waals surface area contributed by atoms with Crippen molar-refractivity contribution in [1.29, 1.82) is 0 Å². The van der Waals surface area contributed by atoms with E-state index in [4.69, 9.17) is 4.74 Å². The summed E-state index contributed by atoms with van der Waals surface area (Å²) in [7, 11) is 0. The second-order valence-corrected chi connectivity index (χ2v) is 6.14. The van der Waals surface area contributed by atoms with Crippen LogP contribution in [0.25, 0.3) is 0 Å². The van der Waals surface area contributed by atoms with Crippen LogP contribution in [-0.4, -0.2) is 30.4 Å². The van der Waals surface area contributed by atoms with Gasteiger partial charge in [-0.05, 0) is 36.8 Å². The molecule has 9 heteroatoms. The average Bonchev–Trinajstić information content (AvgIpc) is 2.67. The van der Waals surface area contributed by atoms with E-state index in [2.05, 4.69) is 10.6 Å². The largest absolute Gasteiger partial charge is 0.451 e. The van der Waals surface area contributed by atoms with E-state index in [9.17, 15) is 27.6 Å². The normalized spacial score (nSPS) is 12.0. The molecule has 0 fully saturated rings. The third kappa shape index (κ3) is 7.28. The van der Waals surface area contributed by atoms with Gasteiger partial charge >= 0.3 is 12.1 Å². The van der Waals surface area contributed by atoms with E-state index >= 15 is 0 Å². The molecule has 0 saturated heterocycles. The van der Waals surface area contributed by atoms with Crippen LogP contribution in [0.4, 0.5) is 18.9 Å². The number of benzene rings is 2. The molecule has 0 heterocycles. The van der Waals surface area contributed by atoms with Crippen molar-refractivity contribution in [3.63, 3.8) is 0 Å². The van der Waals surface area contributed by atoms with Gasteiger partial charge < -0.3 is 15.4 Å². The second-order valence-electron chi connectivity index (χ2n) is 6.14. The summed E-state index contributed by atoms with van der Waals surface area (Å²) in [5, 5.41) is 4.75. The van der Waals surface area contributed by atoms with Gasteiger partial charge in [-0.15, -0.1) is 0 Å². The number of hydrogen-bond acceptors (Lipinski definition) is 4. The lowest BCUT2D eigenvalue weighted by Crippen LogP contribution is -2.36. The van der Waals surface area contributed by atoms with Crippen molar-refractivity contribution >= 4 is 23.5 Å². The molecule has 29 heavy (non-hydrogen) atoms. The molecule has 0 aliphatic rings. The first-order chi connectivity index (χ1) is 13.6. The van der Waals surface area contributed by atoms with Crippen molar-refractivity contribution in [3.05, 3.63) is 65.7 Å². The van der Waals surface area contributed by atoms with E-state index in [1.165, 1.54) is 6.92 Å². The molecular weight excluding hydrogens is 389 g/mol. The fourth-order valence-corrected chi connectivity index (χ4v) is 2.29. The van der Waals surface area contributed by atoms with Gasteiger partial charge in [0.25, 0.3) is 5.91 Å². The summed E-state index contributed by atoms with van der Waals surface area (Å²) >= 11 is 0. The van der Waals surface area contributed by atoms with Gasteiger partial charge in [0.1, 0.15) is 6.54 Å². The van der Waals surface area contributed by atoms with E-state index < -0.39 is 36.3 Å². The third-order valence-corrected chi connectivity index (χ3v) is 3.79. The van der Waals surface area contributed by atoms with Gasteiger partial charge in [0.2, 0.25) is 5.91 Å². The zero-order valence-corrected chi connectivity index (χ0v) is 15.5. The monoisotopic (exact) mass is 408 g/mol.